The number of nitrogens with one attached hydrogen (secondary N) is 1. The van der Waals surface area contributed by atoms with E-state index in [1.165, 1.54) is 19.1 Å². The molecule has 3 aliphatic carbocycles. The van der Waals surface area contributed by atoms with E-state index < -0.39 is 112 Å². The highest BCUT2D eigenvalue weighted by Gasteiger charge is 2.77. The van der Waals surface area contributed by atoms with Crippen LogP contribution < -0.4 is 5.32 Å². The molecular weight excluding hydrogens is 959 g/mol. The molecular formula is C56H69NO13S2. The number of carbonyl (C=O) groups is 6. The predicted molar refractivity (Wildman–Crippen MR) is 274 cm³/mol. The minimum absolute atomic E-state index is 0.0170. The van der Waals surface area contributed by atoms with Gasteiger partial charge in [-0.2, -0.15) is 23.5 Å². The number of aliphatic hydroxyl groups is 2. The van der Waals surface area contributed by atoms with Gasteiger partial charge in [0.1, 0.15) is 35.7 Å². The van der Waals surface area contributed by atoms with Crippen molar-refractivity contribution in [2.75, 3.05) is 24.9 Å². The number of Topliss-reactive ketones (excluding diaryl/α,β-unsaturated/α-hetero) is 1. The first-order chi connectivity index (χ1) is 34.2. The fourth-order valence-corrected chi connectivity index (χ4v) is 13.4. The number of amides is 1. The van der Waals surface area contributed by atoms with E-state index >= 15 is 9.59 Å². The van der Waals surface area contributed by atoms with Crippen LogP contribution in [0.15, 0.2) is 102 Å². The molecule has 0 spiro atoms. The predicted octanol–water partition coefficient (Wildman–Crippen LogP) is 8.04. The molecule has 1 saturated heterocycles. The van der Waals surface area contributed by atoms with Crippen LogP contribution in [0.25, 0.3) is 0 Å². The second kappa shape index (κ2) is 22.6. The van der Waals surface area contributed by atoms with Gasteiger partial charge in [0.25, 0.3) is 5.91 Å². The summed E-state index contributed by atoms with van der Waals surface area (Å²) in [5.74, 6) is -5.73. The zero-order valence-corrected chi connectivity index (χ0v) is 44.1. The van der Waals surface area contributed by atoms with Gasteiger partial charge in [-0.25, -0.2) is 9.59 Å². The number of ether oxygens (including phenoxy) is 5. The van der Waals surface area contributed by atoms with E-state index in [0.717, 1.165) is 25.0 Å². The first-order valence-corrected chi connectivity index (χ1v) is 27.5. The van der Waals surface area contributed by atoms with Crippen LogP contribution in [0, 0.1) is 22.7 Å². The van der Waals surface area contributed by atoms with Gasteiger partial charge in [0.05, 0.1) is 29.6 Å². The lowest BCUT2D eigenvalue weighted by molar-refractivity contribution is -0.345. The summed E-state index contributed by atoms with van der Waals surface area (Å²) in [4.78, 5) is 86.4. The Labute approximate surface area is 431 Å². The van der Waals surface area contributed by atoms with Crippen molar-refractivity contribution in [2.45, 2.75) is 140 Å². The maximum atomic E-state index is 15.5. The maximum Gasteiger partial charge on any atom is 0.350 e. The van der Waals surface area contributed by atoms with Gasteiger partial charge in [-0.05, 0) is 92.3 Å². The molecule has 2 saturated carbocycles. The second-order valence-electron chi connectivity index (χ2n) is 20.4. The van der Waals surface area contributed by atoms with Crippen LogP contribution in [0.3, 0.4) is 0 Å². The lowest BCUT2D eigenvalue weighted by atomic mass is 9.43. The molecule has 7 rings (SSSR count). The standard InChI is InChI=1S/C56H69NO13S2/c1-33-40(67-52(64)46(68-43(60)27-19-18-26-39(72-8)28-29-71-7)45(36-20-12-9-13-21-36)57-50(62)37-22-14-10-15-23-37)31-56(65)49(69-51(63)38-24-16-11-17-25-38)47-54(6,48(61)34(2)44(33)53(56,4)5)41(59)30-42-55(47,32-66-42)70-35(3)58/h9-17,20-25,34,39-42,45-47,49,59,65H,18-19,26-32H2,1-8H3,(H,57,62)/t34-,39?,40+,41+,42-,45+,46-,47+,49+,54-,55+,56-/m1/s1. The molecule has 12 atom stereocenters. The number of thioether (sulfide) groups is 2. The van der Waals surface area contributed by atoms with Gasteiger partial charge in [-0.15, -0.1) is 0 Å². The van der Waals surface area contributed by atoms with Crippen molar-refractivity contribution in [3.8, 4) is 0 Å². The van der Waals surface area contributed by atoms with Crippen LogP contribution in [-0.2, 0) is 42.9 Å². The monoisotopic (exact) mass is 1030 g/mol. The van der Waals surface area contributed by atoms with Crippen LogP contribution in [-0.4, -0.2) is 118 Å². The number of hydrogen-bond donors (Lipinski definition) is 3. The van der Waals surface area contributed by atoms with Crippen molar-refractivity contribution in [3.05, 3.63) is 119 Å². The fraction of sp³-hybridized carbons (Fsp3) is 0.536. The zero-order valence-electron chi connectivity index (χ0n) is 42.4. The van der Waals surface area contributed by atoms with Crippen molar-refractivity contribution in [2.24, 2.45) is 22.7 Å². The summed E-state index contributed by atoms with van der Waals surface area (Å²) in [6.45, 7) is 9.38. The van der Waals surface area contributed by atoms with Crippen molar-refractivity contribution >= 4 is 59.1 Å². The van der Waals surface area contributed by atoms with E-state index in [2.05, 4.69) is 17.8 Å². The molecule has 72 heavy (non-hydrogen) atoms. The second-order valence-corrected chi connectivity index (χ2v) is 22.6. The third-order valence-electron chi connectivity index (χ3n) is 15.9. The number of aliphatic hydroxyl groups excluding tert-OH is 1. The fourth-order valence-electron chi connectivity index (χ4n) is 12.0. The number of hydrogen-bond acceptors (Lipinski definition) is 15. The molecule has 14 nitrogen and oxygen atoms in total. The number of benzene rings is 3. The Morgan fingerprint density at radius 1 is 0.875 bits per heavy atom. The first kappa shape index (κ1) is 54.8. The van der Waals surface area contributed by atoms with Gasteiger partial charge in [0.2, 0.25) is 6.10 Å². The molecule has 1 heterocycles. The third-order valence-corrected chi connectivity index (χ3v) is 17.7. The number of ketones is 1. The number of rotatable bonds is 19. The number of fused-ring (bicyclic) bond motifs is 5. The number of unbranched alkanes of at least 4 members (excludes halogenated alkanes) is 1. The van der Waals surface area contributed by atoms with E-state index in [-0.39, 0.29) is 25.0 Å². The molecule has 16 heteroatoms. The minimum atomic E-state index is -2.24. The lowest BCUT2D eigenvalue weighted by Crippen LogP contribution is -2.81. The van der Waals surface area contributed by atoms with Crippen LogP contribution in [0.4, 0.5) is 0 Å². The smallest absolute Gasteiger partial charge is 0.350 e. The zero-order chi connectivity index (χ0) is 52.2. The Hall–Kier alpha value is -5.00. The lowest BCUT2D eigenvalue weighted by Gasteiger charge is -2.67. The highest BCUT2D eigenvalue weighted by molar-refractivity contribution is 7.99. The Morgan fingerprint density at radius 2 is 1.50 bits per heavy atom. The number of esters is 4. The van der Waals surface area contributed by atoms with Crippen molar-refractivity contribution < 1.29 is 62.7 Å². The Bertz CT molecular complexity index is 2490. The van der Waals surface area contributed by atoms with Crippen LogP contribution >= 0.6 is 23.5 Å². The summed E-state index contributed by atoms with van der Waals surface area (Å²) in [5.41, 5.74) is -5.45. The average Bonchev–Trinajstić information content (AvgIpc) is 3.36. The van der Waals surface area contributed by atoms with Gasteiger partial charge in [-0.3, -0.25) is 19.2 Å². The quantitative estimate of drug-likeness (QED) is 0.0451. The Balaban J connectivity index is 1.32. The van der Waals surface area contributed by atoms with Gasteiger partial charge in [0, 0.05) is 48.3 Å². The molecule has 0 radical (unpaired) electrons. The highest BCUT2D eigenvalue weighted by Crippen LogP contribution is 2.65. The maximum absolute atomic E-state index is 15.5. The molecule has 3 aromatic carbocycles. The summed E-state index contributed by atoms with van der Waals surface area (Å²) in [7, 11) is 0. The topological polar surface area (TPSA) is 201 Å². The molecule has 1 unspecified atom stereocenters. The average molecular weight is 1030 g/mol. The highest BCUT2D eigenvalue weighted by atomic mass is 32.2. The summed E-state index contributed by atoms with van der Waals surface area (Å²) in [6.07, 6.45) is -0.361. The molecule has 1 aliphatic heterocycles. The van der Waals surface area contributed by atoms with Crippen molar-refractivity contribution in [1.29, 1.82) is 0 Å². The van der Waals surface area contributed by atoms with Crippen LogP contribution in [0.2, 0.25) is 0 Å². The van der Waals surface area contributed by atoms with Gasteiger partial charge < -0.3 is 39.2 Å². The molecule has 388 valence electrons. The van der Waals surface area contributed by atoms with Gasteiger partial charge in [0.15, 0.2) is 5.60 Å². The normalized spacial score (nSPS) is 29.6. The Kier molecular flexibility index (Phi) is 17.2. The molecule has 1 amide bonds. The van der Waals surface area contributed by atoms with Crippen molar-refractivity contribution in [1.82, 2.24) is 5.32 Å². The first-order valence-electron chi connectivity index (χ1n) is 24.8. The molecule has 3 fully saturated rings. The van der Waals surface area contributed by atoms with Crippen LogP contribution in [0.5, 0.6) is 0 Å². The molecule has 0 aromatic heterocycles. The summed E-state index contributed by atoms with van der Waals surface area (Å²) >= 11 is 3.58. The summed E-state index contributed by atoms with van der Waals surface area (Å²) in [6, 6.07) is 23.8. The largest absolute Gasteiger partial charge is 0.455 e. The summed E-state index contributed by atoms with van der Waals surface area (Å²) in [5, 5.41) is 29.5. The van der Waals surface area contributed by atoms with Crippen molar-refractivity contribution in [3.63, 3.8) is 0 Å². The van der Waals surface area contributed by atoms with E-state index in [0.29, 0.717) is 33.9 Å². The SMILES string of the molecule is CSCCC(CCCCC(=O)O[C@@H](C(=O)O[C@H]1C[C@@]2(O)[C@@H](OC(=O)c3ccccc3)[C@@H]3[C@]4(OC(C)=O)CO[C@@H]4C[C@H](O)[C@@]3(C)C(=O)[C@H](C)C(=C1C)C2(C)C)[C@@H](NC(=O)c1ccccc1)c1ccccc1)SC. The third kappa shape index (κ3) is 10.5. The van der Waals surface area contributed by atoms with Gasteiger partial charge >= 0.3 is 23.9 Å². The molecule has 3 N–H and O–H groups in total. The molecule has 4 aliphatic rings. The summed E-state index contributed by atoms with van der Waals surface area (Å²) < 4.78 is 31.4. The minimum Gasteiger partial charge on any atom is -0.455 e. The number of carbonyl (C=O) groups excluding carboxylic acids is 6. The van der Waals surface area contributed by atoms with E-state index in [1.54, 1.807) is 137 Å². The van der Waals surface area contributed by atoms with E-state index in [9.17, 15) is 29.4 Å². The molecule has 3 aromatic rings. The molecule has 2 bridgehead atoms. The Morgan fingerprint density at radius 3 is 2.08 bits per heavy atom. The van der Waals surface area contributed by atoms with E-state index in [1.807, 2.05) is 0 Å². The van der Waals surface area contributed by atoms with Crippen LogP contribution in [0.1, 0.15) is 119 Å². The van der Waals surface area contributed by atoms with Gasteiger partial charge in [-0.1, -0.05) is 93.9 Å². The van der Waals surface area contributed by atoms with E-state index in [4.69, 9.17) is 23.7 Å².